The molecule has 0 bridgehead atoms. The Balaban J connectivity index is 2.06. The minimum Gasteiger partial charge on any atom is -0.486 e. The van der Waals surface area contributed by atoms with Crippen LogP contribution in [0.3, 0.4) is 0 Å². The van der Waals surface area contributed by atoms with Crippen molar-refractivity contribution in [3.05, 3.63) is 48.0 Å². The lowest BCUT2D eigenvalue weighted by Crippen LogP contribution is -2.50. The second-order valence-corrected chi connectivity index (χ2v) is 10.5. The molecule has 11 nitrogen and oxygen atoms in total. The Kier molecular flexibility index (Phi) is 7.85. The number of likely N-dealkylation sites (N-methyl/N-ethyl adjacent to an activating group) is 1. The number of para-hydroxylation sites is 1. The molecule has 0 fully saturated rings. The molecule has 34 heavy (non-hydrogen) atoms. The molecule has 3 rings (SSSR count). The van der Waals surface area contributed by atoms with E-state index in [2.05, 4.69) is 15.3 Å². The largest absolute Gasteiger partial charge is 0.486 e. The Morgan fingerprint density at radius 1 is 1.38 bits per heavy atom. The fourth-order valence-electron chi connectivity index (χ4n) is 3.55. The van der Waals surface area contributed by atoms with Gasteiger partial charge < -0.3 is 20.1 Å². The smallest absolute Gasteiger partial charge is 0.275 e. The summed E-state index contributed by atoms with van der Waals surface area (Å²) in [7, 11) is -2.04. The standard InChI is InChI=1S/C22H29N5O6S/c1-14-11-27(15(2)13-28)22(30)16-6-5-7-17(25-21(29)18-10-23-8-9-24-18)20(16)33-19(14)12-26(3)34(4,31)32/h5-10,14-15,19,28H,11-13H2,1-4H3,(H,25,29)/t14-,15-,19-/m0/s1. The van der Waals surface area contributed by atoms with E-state index >= 15 is 0 Å². The van der Waals surface area contributed by atoms with Crippen LogP contribution >= 0.6 is 0 Å². The second-order valence-electron chi connectivity index (χ2n) is 8.39. The van der Waals surface area contributed by atoms with Crippen LogP contribution in [0.5, 0.6) is 5.75 Å². The van der Waals surface area contributed by atoms with E-state index in [0.29, 0.717) is 0 Å². The van der Waals surface area contributed by atoms with E-state index in [1.165, 1.54) is 34.8 Å². The lowest BCUT2D eigenvalue weighted by Gasteiger charge is -2.38. The molecule has 0 aliphatic carbocycles. The molecule has 0 saturated carbocycles. The third-order valence-electron chi connectivity index (χ3n) is 5.74. The van der Waals surface area contributed by atoms with Gasteiger partial charge >= 0.3 is 0 Å². The van der Waals surface area contributed by atoms with Gasteiger partial charge in [0.2, 0.25) is 10.0 Å². The normalized spacial score (nSPS) is 19.6. The van der Waals surface area contributed by atoms with Crippen LogP contribution in [0, 0.1) is 5.92 Å². The summed E-state index contributed by atoms with van der Waals surface area (Å²) < 4.78 is 31.5. The summed E-state index contributed by atoms with van der Waals surface area (Å²) in [5.41, 5.74) is 0.505. The van der Waals surface area contributed by atoms with Gasteiger partial charge in [-0.1, -0.05) is 13.0 Å². The molecule has 2 N–H and O–H groups in total. The van der Waals surface area contributed by atoms with E-state index in [0.717, 1.165) is 6.26 Å². The van der Waals surface area contributed by atoms with Crippen molar-refractivity contribution in [2.75, 3.05) is 38.3 Å². The van der Waals surface area contributed by atoms with Gasteiger partial charge in [-0.15, -0.1) is 0 Å². The molecule has 1 aliphatic rings. The molecule has 0 saturated heterocycles. The van der Waals surface area contributed by atoms with Crippen molar-refractivity contribution in [2.45, 2.75) is 26.0 Å². The number of aliphatic hydroxyl groups is 1. The highest BCUT2D eigenvalue weighted by atomic mass is 32.2. The Bertz CT molecular complexity index is 1140. The van der Waals surface area contributed by atoms with Crippen molar-refractivity contribution in [3.8, 4) is 5.75 Å². The molecule has 184 valence electrons. The summed E-state index contributed by atoms with van der Waals surface area (Å²) in [6.07, 6.45) is 4.60. The van der Waals surface area contributed by atoms with Crippen LogP contribution in [0.2, 0.25) is 0 Å². The number of benzene rings is 1. The van der Waals surface area contributed by atoms with E-state index in [-0.39, 0.29) is 54.2 Å². The molecular formula is C22H29N5O6S. The first-order valence-electron chi connectivity index (χ1n) is 10.7. The summed E-state index contributed by atoms with van der Waals surface area (Å²) in [5, 5.41) is 12.4. The van der Waals surface area contributed by atoms with Gasteiger partial charge in [-0.05, 0) is 19.1 Å². The van der Waals surface area contributed by atoms with Gasteiger partial charge in [-0.2, -0.15) is 0 Å². The number of aliphatic hydroxyl groups excluding tert-OH is 1. The van der Waals surface area contributed by atoms with Crippen LogP contribution in [0.1, 0.15) is 34.7 Å². The Hall–Kier alpha value is -3.09. The number of fused-ring (bicyclic) bond motifs is 1. The summed E-state index contributed by atoms with van der Waals surface area (Å²) in [5.74, 6) is -1.08. The number of nitrogens with zero attached hydrogens (tertiary/aromatic N) is 4. The number of amides is 2. The molecule has 1 aromatic carbocycles. The predicted molar refractivity (Wildman–Crippen MR) is 125 cm³/mol. The predicted octanol–water partition coefficient (Wildman–Crippen LogP) is 0.840. The van der Waals surface area contributed by atoms with Crippen molar-refractivity contribution in [2.24, 2.45) is 5.92 Å². The van der Waals surface area contributed by atoms with Crippen LogP contribution in [0.15, 0.2) is 36.8 Å². The quantitative estimate of drug-likeness (QED) is 0.580. The molecule has 1 aromatic heterocycles. The topological polar surface area (TPSA) is 142 Å². The maximum absolute atomic E-state index is 13.4. The van der Waals surface area contributed by atoms with Gasteiger partial charge in [0.05, 0.1) is 42.9 Å². The van der Waals surface area contributed by atoms with Crippen LogP contribution in [0.25, 0.3) is 0 Å². The summed E-state index contributed by atoms with van der Waals surface area (Å²) in [6, 6.07) is 4.28. The first kappa shape index (κ1) is 25.5. The first-order valence-corrected chi connectivity index (χ1v) is 12.6. The number of carbonyl (C=O) groups excluding carboxylic acids is 2. The molecule has 2 amide bonds. The number of ether oxygens (including phenoxy) is 1. The van der Waals surface area contributed by atoms with Crippen molar-refractivity contribution < 1.29 is 27.9 Å². The van der Waals surface area contributed by atoms with Crippen molar-refractivity contribution in [3.63, 3.8) is 0 Å². The van der Waals surface area contributed by atoms with Gasteiger partial charge in [0.1, 0.15) is 11.8 Å². The van der Waals surface area contributed by atoms with Gasteiger partial charge in [0.15, 0.2) is 5.75 Å². The zero-order chi connectivity index (χ0) is 25.0. The van der Waals surface area contributed by atoms with Crippen molar-refractivity contribution in [1.29, 1.82) is 0 Å². The number of nitrogens with one attached hydrogen (secondary N) is 1. The minimum absolute atomic E-state index is 0.0292. The van der Waals surface area contributed by atoms with Crippen LogP contribution in [-0.4, -0.2) is 89.7 Å². The molecule has 2 heterocycles. The van der Waals surface area contributed by atoms with Crippen molar-refractivity contribution in [1.82, 2.24) is 19.2 Å². The van der Waals surface area contributed by atoms with E-state index < -0.39 is 28.1 Å². The number of sulfonamides is 1. The Morgan fingerprint density at radius 2 is 2.12 bits per heavy atom. The lowest BCUT2D eigenvalue weighted by atomic mass is 9.99. The average Bonchev–Trinajstić information content (AvgIpc) is 2.81. The zero-order valence-corrected chi connectivity index (χ0v) is 20.3. The van der Waals surface area contributed by atoms with Crippen LogP contribution < -0.4 is 10.1 Å². The first-order chi connectivity index (χ1) is 16.0. The highest BCUT2D eigenvalue weighted by molar-refractivity contribution is 7.88. The van der Waals surface area contributed by atoms with E-state index in [1.807, 2.05) is 6.92 Å². The Morgan fingerprint density at radius 3 is 2.74 bits per heavy atom. The third-order valence-corrected chi connectivity index (χ3v) is 7.02. The number of aromatic nitrogens is 2. The third kappa shape index (κ3) is 5.69. The fraction of sp³-hybridized carbons (Fsp3) is 0.455. The monoisotopic (exact) mass is 491 g/mol. The minimum atomic E-state index is -3.49. The highest BCUT2D eigenvalue weighted by Gasteiger charge is 2.35. The average molecular weight is 492 g/mol. The molecule has 12 heteroatoms. The van der Waals surface area contributed by atoms with Crippen LogP contribution in [-0.2, 0) is 10.0 Å². The maximum Gasteiger partial charge on any atom is 0.275 e. The van der Waals surface area contributed by atoms with E-state index in [4.69, 9.17) is 4.74 Å². The van der Waals surface area contributed by atoms with Gasteiger partial charge in [-0.25, -0.2) is 17.7 Å². The zero-order valence-electron chi connectivity index (χ0n) is 19.5. The van der Waals surface area contributed by atoms with Crippen molar-refractivity contribution >= 4 is 27.5 Å². The lowest BCUT2D eigenvalue weighted by molar-refractivity contribution is 0.0389. The van der Waals surface area contributed by atoms with E-state index in [9.17, 15) is 23.1 Å². The second kappa shape index (κ2) is 10.5. The molecule has 2 aromatic rings. The van der Waals surface area contributed by atoms with Gasteiger partial charge in [0.25, 0.3) is 11.8 Å². The number of rotatable bonds is 7. The number of anilines is 1. The number of hydrogen-bond acceptors (Lipinski definition) is 8. The number of hydrogen-bond donors (Lipinski definition) is 2. The molecule has 1 aliphatic heterocycles. The summed E-state index contributed by atoms with van der Waals surface area (Å²) in [6.45, 7) is 3.60. The molecular weight excluding hydrogens is 462 g/mol. The highest BCUT2D eigenvalue weighted by Crippen LogP contribution is 2.35. The molecule has 0 unspecified atom stereocenters. The summed E-state index contributed by atoms with van der Waals surface area (Å²) >= 11 is 0. The fourth-order valence-corrected chi connectivity index (χ4v) is 3.97. The van der Waals surface area contributed by atoms with Gasteiger partial charge in [0, 0.05) is 31.9 Å². The SMILES string of the molecule is C[C@H]1CN([C@@H](C)CO)C(=O)c2cccc(NC(=O)c3cnccn3)c2O[C@H]1CN(C)S(C)(=O)=O. The molecule has 3 atom stereocenters. The molecule has 0 spiro atoms. The summed E-state index contributed by atoms with van der Waals surface area (Å²) in [4.78, 5) is 35.6. The Labute approximate surface area is 198 Å². The van der Waals surface area contributed by atoms with Gasteiger partial charge in [-0.3, -0.25) is 14.6 Å². The van der Waals surface area contributed by atoms with E-state index in [1.54, 1.807) is 25.1 Å². The van der Waals surface area contributed by atoms with Crippen LogP contribution in [0.4, 0.5) is 5.69 Å². The molecule has 0 radical (unpaired) electrons. The maximum atomic E-state index is 13.4. The number of carbonyl (C=O) groups is 2.